The van der Waals surface area contributed by atoms with Gasteiger partial charge < -0.3 is 10.1 Å². The van der Waals surface area contributed by atoms with Crippen LogP contribution in [-0.4, -0.2) is 19.7 Å². The third-order valence-electron chi connectivity index (χ3n) is 2.92. The summed E-state index contributed by atoms with van der Waals surface area (Å²) in [6, 6.07) is 9.04. The Hall–Kier alpha value is -1.02. The smallest absolute Gasteiger partial charge is 0.119 e. The zero-order valence-corrected chi connectivity index (χ0v) is 8.79. The summed E-state index contributed by atoms with van der Waals surface area (Å²) in [6.45, 7) is 3.33. The van der Waals surface area contributed by atoms with Crippen LogP contribution >= 0.6 is 0 Å². The van der Waals surface area contributed by atoms with E-state index in [1.807, 2.05) is 6.07 Å². The maximum Gasteiger partial charge on any atom is 0.119 e. The van der Waals surface area contributed by atoms with E-state index in [-0.39, 0.29) is 0 Å². The Kier molecular flexibility index (Phi) is 2.73. The molecule has 0 saturated carbocycles. The van der Waals surface area contributed by atoms with Gasteiger partial charge in [-0.3, -0.25) is 0 Å². The van der Waals surface area contributed by atoms with Crippen LogP contribution in [0.2, 0.25) is 0 Å². The van der Waals surface area contributed by atoms with Crippen LogP contribution in [0.1, 0.15) is 24.8 Å². The molecule has 0 unspecified atom stereocenters. The van der Waals surface area contributed by atoms with Crippen molar-refractivity contribution in [3.8, 4) is 5.75 Å². The van der Waals surface area contributed by atoms with Crippen molar-refractivity contribution in [2.75, 3.05) is 13.7 Å². The number of rotatable bonds is 2. The Balaban J connectivity index is 2.15. The van der Waals surface area contributed by atoms with Crippen molar-refractivity contribution in [3.05, 3.63) is 29.8 Å². The topological polar surface area (TPSA) is 21.3 Å². The minimum absolute atomic E-state index is 0.645. The maximum absolute atomic E-state index is 5.22. The van der Waals surface area contributed by atoms with Gasteiger partial charge in [-0.15, -0.1) is 0 Å². The molecule has 1 heterocycles. The lowest BCUT2D eigenvalue weighted by Crippen LogP contribution is -2.16. The van der Waals surface area contributed by atoms with Crippen LogP contribution in [0.15, 0.2) is 24.3 Å². The van der Waals surface area contributed by atoms with Gasteiger partial charge in [-0.1, -0.05) is 12.1 Å². The molecule has 0 amide bonds. The van der Waals surface area contributed by atoms with Crippen molar-refractivity contribution in [3.63, 3.8) is 0 Å². The first kappa shape index (κ1) is 9.53. The highest BCUT2D eigenvalue weighted by Gasteiger charge is 2.21. The molecular formula is C12H17NO. The van der Waals surface area contributed by atoms with E-state index in [9.17, 15) is 0 Å². The summed E-state index contributed by atoms with van der Waals surface area (Å²) in [6.07, 6.45) is 1.23. The van der Waals surface area contributed by atoms with Gasteiger partial charge in [0.1, 0.15) is 5.75 Å². The van der Waals surface area contributed by atoms with E-state index in [0.717, 1.165) is 12.3 Å². The average Bonchev–Trinajstić information content (AvgIpc) is 2.65. The van der Waals surface area contributed by atoms with E-state index in [1.165, 1.54) is 12.0 Å². The largest absolute Gasteiger partial charge is 0.497 e. The van der Waals surface area contributed by atoms with Gasteiger partial charge in [0.2, 0.25) is 0 Å². The fraction of sp³-hybridized carbons (Fsp3) is 0.500. The normalized spacial score (nSPS) is 26.4. The van der Waals surface area contributed by atoms with Gasteiger partial charge >= 0.3 is 0 Å². The fourth-order valence-electron chi connectivity index (χ4n) is 2.09. The number of benzene rings is 1. The Morgan fingerprint density at radius 3 is 2.93 bits per heavy atom. The summed E-state index contributed by atoms with van der Waals surface area (Å²) in [5, 5.41) is 3.46. The standard InChI is InChI=1S/C12H17NO/c1-9-6-11(8-13-9)10-4-3-5-12(7-10)14-2/h3-5,7,9,11,13H,6,8H2,1-2H3/t9-,11-/m1/s1. The van der Waals surface area contributed by atoms with Gasteiger partial charge in [0.05, 0.1) is 7.11 Å². The van der Waals surface area contributed by atoms with E-state index in [4.69, 9.17) is 4.74 Å². The molecule has 0 spiro atoms. The van der Waals surface area contributed by atoms with Crippen LogP contribution in [-0.2, 0) is 0 Å². The van der Waals surface area contributed by atoms with Gasteiger partial charge in [-0.25, -0.2) is 0 Å². The predicted molar refractivity (Wildman–Crippen MR) is 57.8 cm³/mol. The van der Waals surface area contributed by atoms with Gasteiger partial charge in [0.15, 0.2) is 0 Å². The Labute approximate surface area is 85.3 Å². The molecule has 0 aliphatic carbocycles. The third-order valence-corrected chi connectivity index (χ3v) is 2.92. The molecule has 1 aliphatic heterocycles. The highest BCUT2D eigenvalue weighted by Crippen LogP contribution is 2.27. The molecule has 1 aromatic carbocycles. The minimum atomic E-state index is 0.645. The number of methoxy groups -OCH3 is 1. The zero-order chi connectivity index (χ0) is 9.97. The second-order valence-corrected chi connectivity index (χ2v) is 4.02. The maximum atomic E-state index is 5.22. The molecule has 0 aromatic heterocycles. The van der Waals surface area contributed by atoms with Gasteiger partial charge in [0, 0.05) is 12.6 Å². The molecule has 14 heavy (non-hydrogen) atoms. The van der Waals surface area contributed by atoms with E-state index in [2.05, 4.69) is 30.4 Å². The van der Waals surface area contributed by atoms with Crippen molar-refractivity contribution in [1.82, 2.24) is 5.32 Å². The molecule has 2 atom stereocenters. The van der Waals surface area contributed by atoms with Gasteiger partial charge in [0.25, 0.3) is 0 Å². The molecule has 0 bridgehead atoms. The van der Waals surface area contributed by atoms with E-state index in [0.29, 0.717) is 12.0 Å². The molecule has 1 aromatic rings. The van der Waals surface area contributed by atoms with Crippen LogP contribution in [0.4, 0.5) is 0 Å². The SMILES string of the molecule is COc1cccc([C@H]2CN[C@H](C)C2)c1. The van der Waals surface area contributed by atoms with Gasteiger partial charge in [-0.2, -0.15) is 0 Å². The minimum Gasteiger partial charge on any atom is -0.497 e. The van der Waals surface area contributed by atoms with Crippen LogP contribution < -0.4 is 10.1 Å². The van der Waals surface area contributed by atoms with Crippen molar-refractivity contribution in [1.29, 1.82) is 0 Å². The van der Waals surface area contributed by atoms with Crippen molar-refractivity contribution in [2.24, 2.45) is 0 Å². The fourth-order valence-corrected chi connectivity index (χ4v) is 2.09. The van der Waals surface area contributed by atoms with E-state index >= 15 is 0 Å². The second kappa shape index (κ2) is 4.01. The summed E-state index contributed by atoms with van der Waals surface area (Å²) in [4.78, 5) is 0. The number of ether oxygens (including phenoxy) is 1. The second-order valence-electron chi connectivity index (χ2n) is 4.02. The summed E-state index contributed by atoms with van der Waals surface area (Å²) < 4.78 is 5.22. The lowest BCUT2D eigenvalue weighted by Gasteiger charge is -2.10. The lowest BCUT2D eigenvalue weighted by molar-refractivity contribution is 0.414. The average molecular weight is 191 g/mol. The van der Waals surface area contributed by atoms with Crippen molar-refractivity contribution < 1.29 is 4.74 Å². The summed E-state index contributed by atoms with van der Waals surface area (Å²) in [5.41, 5.74) is 1.39. The zero-order valence-electron chi connectivity index (χ0n) is 8.79. The molecule has 2 heteroatoms. The predicted octanol–water partition coefficient (Wildman–Crippen LogP) is 2.16. The van der Waals surface area contributed by atoms with E-state index < -0.39 is 0 Å². The van der Waals surface area contributed by atoms with Crippen LogP contribution in [0.25, 0.3) is 0 Å². The first-order valence-corrected chi connectivity index (χ1v) is 5.17. The Morgan fingerprint density at radius 1 is 1.43 bits per heavy atom. The molecule has 2 nitrogen and oxygen atoms in total. The highest BCUT2D eigenvalue weighted by atomic mass is 16.5. The molecule has 1 aliphatic rings. The summed E-state index contributed by atoms with van der Waals surface area (Å²) >= 11 is 0. The molecule has 1 fully saturated rings. The number of hydrogen-bond donors (Lipinski definition) is 1. The molecule has 2 rings (SSSR count). The molecule has 76 valence electrons. The van der Waals surface area contributed by atoms with Gasteiger partial charge in [-0.05, 0) is 37.0 Å². The lowest BCUT2D eigenvalue weighted by atomic mass is 9.96. The number of hydrogen-bond acceptors (Lipinski definition) is 2. The molecule has 1 N–H and O–H groups in total. The first-order valence-electron chi connectivity index (χ1n) is 5.17. The molecule has 1 saturated heterocycles. The first-order chi connectivity index (χ1) is 6.79. The van der Waals surface area contributed by atoms with Crippen molar-refractivity contribution in [2.45, 2.75) is 25.3 Å². The van der Waals surface area contributed by atoms with Crippen molar-refractivity contribution >= 4 is 0 Å². The quantitative estimate of drug-likeness (QED) is 0.773. The van der Waals surface area contributed by atoms with E-state index in [1.54, 1.807) is 7.11 Å². The molecular weight excluding hydrogens is 174 g/mol. The Morgan fingerprint density at radius 2 is 2.29 bits per heavy atom. The monoisotopic (exact) mass is 191 g/mol. The summed E-state index contributed by atoms with van der Waals surface area (Å²) in [5.74, 6) is 1.61. The highest BCUT2D eigenvalue weighted by molar-refractivity contribution is 5.31. The third kappa shape index (κ3) is 1.90. The van der Waals surface area contributed by atoms with Crippen LogP contribution in [0.5, 0.6) is 5.75 Å². The molecule has 0 radical (unpaired) electrons. The Bertz CT molecular complexity index is 311. The van der Waals surface area contributed by atoms with Crippen LogP contribution in [0.3, 0.4) is 0 Å². The van der Waals surface area contributed by atoms with Crippen LogP contribution in [0, 0.1) is 0 Å². The number of nitrogens with one attached hydrogen (secondary N) is 1. The summed E-state index contributed by atoms with van der Waals surface area (Å²) in [7, 11) is 1.72.